The molecule has 1 aromatic rings. The molecular formula is C11H17NO4. The van der Waals surface area contributed by atoms with Crippen LogP contribution in [0.15, 0.2) is 22.8 Å². The SMILES string of the molecule is O=C(O)CCN(CCCO)Cc1ccco1. The molecule has 0 aliphatic carbocycles. The van der Waals surface area contributed by atoms with Crippen LogP contribution < -0.4 is 0 Å². The maximum atomic E-state index is 10.5. The van der Waals surface area contributed by atoms with Crippen LogP contribution in [0.25, 0.3) is 0 Å². The van der Waals surface area contributed by atoms with E-state index in [-0.39, 0.29) is 13.0 Å². The second-order valence-electron chi connectivity index (χ2n) is 3.58. The van der Waals surface area contributed by atoms with Crippen molar-refractivity contribution in [3.63, 3.8) is 0 Å². The number of furan rings is 1. The average Bonchev–Trinajstić information content (AvgIpc) is 2.74. The van der Waals surface area contributed by atoms with Crippen LogP contribution in [0.5, 0.6) is 0 Å². The fraction of sp³-hybridized carbons (Fsp3) is 0.545. The fourth-order valence-corrected chi connectivity index (χ4v) is 1.44. The van der Waals surface area contributed by atoms with Crippen molar-refractivity contribution < 1.29 is 19.4 Å². The third kappa shape index (κ3) is 4.95. The van der Waals surface area contributed by atoms with Crippen molar-refractivity contribution in [3.05, 3.63) is 24.2 Å². The lowest BCUT2D eigenvalue weighted by atomic mass is 10.3. The molecule has 0 radical (unpaired) electrons. The monoisotopic (exact) mass is 227 g/mol. The Morgan fingerprint density at radius 2 is 2.25 bits per heavy atom. The molecule has 0 saturated heterocycles. The van der Waals surface area contributed by atoms with E-state index in [9.17, 15) is 4.79 Å². The lowest BCUT2D eigenvalue weighted by Crippen LogP contribution is -2.27. The quantitative estimate of drug-likeness (QED) is 0.691. The molecule has 0 unspecified atom stereocenters. The Balaban J connectivity index is 2.39. The number of aliphatic carboxylic acids is 1. The van der Waals surface area contributed by atoms with Gasteiger partial charge in [-0.1, -0.05) is 0 Å². The number of carbonyl (C=O) groups is 1. The molecule has 0 amide bonds. The summed E-state index contributed by atoms with van der Waals surface area (Å²) in [6.07, 6.45) is 2.34. The molecule has 5 heteroatoms. The van der Waals surface area contributed by atoms with Crippen LogP contribution in [0, 0.1) is 0 Å². The standard InChI is InChI=1S/C11H17NO4/c13-7-2-5-12(6-4-11(14)15)9-10-3-1-8-16-10/h1,3,8,13H,2,4-7,9H2,(H,14,15). The van der Waals surface area contributed by atoms with E-state index >= 15 is 0 Å². The number of carboxylic acids is 1. The number of aliphatic hydroxyl groups is 1. The summed E-state index contributed by atoms with van der Waals surface area (Å²) >= 11 is 0. The first-order valence-electron chi connectivity index (χ1n) is 5.29. The van der Waals surface area contributed by atoms with Gasteiger partial charge in [-0.05, 0) is 18.6 Å². The maximum Gasteiger partial charge on any atom is 0.304 e. The molecular weight excluding hydrogens is 210 g/mol. The second-order valence-corrected chi connectivity index (χ2v) is 3.58. The summed E-state index contributed by atoms with van der Waals surface area (Å²) < 4.78 is 5.20. The summed E-state index contributed by atoms with van der Waals surface area (Å²) in [6.45, 7) is 1.84. The van der Waals surface area contributed by atoms with Crippen LogP contribution >= 0.6 is 0 Å². The van der Waals surface area contributed by atoms with Crippen LogP contribution in [0.3, 0.4) is 0 Å². The molecule has 16 heavy (non-hydrogen) atoms. The summed E-state index contributed by atoms with van der Waals surface area (Å²) in [6, 6.07) is 3.66. The van der Waals surface area contributed by atoms with E-state index in [1.54, 1.807) is 12.3 Å². The molecule has 0 aliphatic rings. The van der Waals surface area contributed by atoms with Crippen molar-refractivity contribution in [3.8, 4) is 0 Å². The van der Waals surface area contributed by atoms with Crippen LogP contribution in [-0.4, -0.2) is 40.8 Å². The highest BCUT2D eigenvalue weighted by Crippen LogP contribution is 2.06. The van der Waals surface area contributed by atoms with Crippen molar-refractivity contribution >= 4 is 5.97 Å². The van der Waals surface area contributed by atoms with E-state index < -0.39 is 5.97 Å². The number of hydrogen-bond acceptors (Lipinski definition) is 4. The summed E-state index contributed by atoms with van der Waals surface area (Å²) in [7, 11) is 0. The largest absolute Gasteiger partial charge is 0.481 e. The molecule has 0 bridgehead atoms. The molecule has 0 spiro atoms. The second kappa shape index (κ2) is 7.03. The van der Waals surface area contributed by atoms with Crippen LogP contribution in [0.2, 0.25) is 0 Å². The molecule has 1 rings (SSSR count). The highest BCUT2D eigenvalue weighted by atomic mass is 16.4. The predicted octanol–water partition coefficient (Wildman–Crippen LogP) is 0.939. The molecule has 0 atom stereocenters. The third-order valence-electron chi connectivity index (χ3n) is 2.23. The van der Waals surface area contributed by atoms with Crippen LogP contribution in [-0.2, 0) is 11.3 Å². The molecule has 5 nitrogen and oxygen atoms in total. The van der Waals surface area contributed by atoms with Crippen molar-refractivity contribution in [1.82, 2.24) is 4.90 Å². The van der Waals surface area contributed by atoms with Crippen molar-refractivity contribution in [2.45, 2.75) is 19.4 Å². The molecule has 1 heterocycles. The number of aliphatic hydroxyl groups excluding tert-OH is 1. The van der Waals surface area contributed by atoms with Gasteiger partial charge in [0.15, 0.2) is 0 Å². The minimum Gasteiger partial charge on any atom is -0.481 e. The zero-order chi connectivity index (χ0) is 11.8. The highest BCUT2D eigenvalue weighted by molar-refractivity contribution is 5.66. The van der Waals surface area contributed by atoms with E-state index in [4.69, 9.17) is 14.6 Å². The Morgan fingerprint density at radius 3 is 2.81 bits per heavy atom. The number of rotatable bonds is 8. The van der Waals surface area contributed by atoms with Gasteiger partial charge in [-0.3, -0.25) is 9.69 Å². The number of hydrogen-bond donors (Lipinski definition) is 2. The van der Waals surface area contributed by atoms with Crippen molar-refractivity contribution in [2.75, 3.05) is 19.7 Å². The van der Waals surface area contributed by atoms with E-state index in [2.05, 4.69) is 0 Å². The van der Waals surface area contributed by atoms with Gasteiger partial charge in [0, 0.05) is 19.7 Å². The summed E-state index contributed by atoms with van der Waals surface area (Å²) in [5.41, 5.74) is 0. The van der Waals surface area contributed by atoms with Gasteiger partial charge >= 0.3 is 5.97 Å². The van der Waals surface area contributed by atoms with Gasteiger partial charge in [0.25, 0.3) is 0 Å². The fourth-order valence-electron chi connectivity index (χ4n) is 1.44. The summed E-state index contributed by atoms with van der Waals surface area (Å²) in [5.74, 6) is -0.00299. The Labute approximate surface area is 94.3 Å². The van der Waals surface area contributed by atoms with Crippen molar-refractivity contribution in [1.29, 1.82) is 0 Å². The molecule has 0 aromatic carbocycles. The number of nitrogens with zero attached hydrogens (tertiary/aromatic N) is 1. The van der Waals surface area contributed by atoms with E-state index in [0.717, 1.165) is 5.76 Å². The van der Waals surface area contributed by atoms with E-state index in [1.807, 2.05) is 11.0 Å². The van der Waals surface area contributed by atoms with Gasteiger partial charge in [0.2, 0.25) is 0 Å². The van der Waals surface area contributed by atoms with Crippen molar-refractivity contribution in [2.24, 2.45) is 0 Å². The predicted molar refractivity (Wildman–Crippen MR) is 57.9 cm³/mol. The first-order valence-corrected chi connectivity index (χ1v) is 5.29. The first-order chi connectivity index (χ1) is 7.72. The molecule has 2 N–H and O–H groups in total. The lowest BCUT2D eigenvalue weighted by molar-refractivity contribution is -0.137. The minimum absolute atomic E-state index is 0.103. The zero-order valence-corrected chi connectivity index (χ0v) is 9.13. The third-order valence-corrected chi connectivity index (χ3v) is 2.23. The Morgan fingerprint density at radius 1 is 1.44 bits per heavy atom. The van der Waals surface area contributed by atoms with Gasteiger partial charge in [0.05, 0.1) is 19.2 Å². The first kappa shape index (κ1) is 12.7. The molecule has 1 aromatic heterocycles. The zero-order valence-electron chi connectivity index (χ0n) is 9.13. The smallest absolute Gasteiger partial charge is 0.304 e. The van der Waals surface area contributed by atoms with Crippen LogP contribution in [0.1, 0.15) is 18.6 Å². The lowest BCUT2D eigenvalue weighted by Gasteiger charge is -2.19. The molecule has 90 valence electrons. The molecule has 0 aliphatic heterocycles. The summed E-state index contributed by atoms with van der Waals surface area (Å²) in [5, 5.41) is 17.4. The maximum absolute atomic E-state index is 10.5. The average molecular weight is 227 g/mol. The Kier molecular flexibility index (Phi) is 5.60. The molecule has 0 saturated carbocycles. The minimum atomic E-state index is -0.812. The highest BCUT2D eigenvalue weighted by Gasteiger charge is 2.09. The topological polar surface area (TPSA) is 73.9 Å². The normalized spacial score (nSPS) is 10.9. The molecule has 0 fully saturated rings. The Bertz CT molecular complexity index is 297. The van der Waals surface area contributed by atoms with E-state index in [0.29, 0.717) is 26.1 Å². The van der Waals surface area contributed by atoms with Crippen LogP contribution in [0.4, 0.5) is 0 Å². The summed E-state index contributed by atoms with van der Waals surface area (Å²) in [4.78, 5) is 12.4. The van der Waals surface area contributed by atoms with Gasteiger partial charge in [-0.25, -0.2) is 0 Å². The van der Waals surface area contributed by atoms with Gasteiger partial charge in [-0.2, -0.15) is 0 Å². The van der Waals surface area contributed by atoms with Gasteiger partial charge in [0.1, 0.15) is 5.76 Å². The van der Waals surface area contributed by atoms with Gasteiger partial charge in [-0.15, -0.1) is 0 Å². The number of carboxylic acid groups (broad SMARTS) is 1. The van der Waals surface area contributed by atoms with Gasteiger partial charge < -0.3 is 14.6 Å². The Hall–Kier alpha value is -1.33. The van der Waals surface area contributed by atoms with E-state index in [1.165, 1.54) is 0 Å².